The van der Waals surface area contributed by atoms with Crippen molar-refractivity contribution >= 4 is 5.96 Å². The molecule has 0 heterocycles. The van der Waals surface area contributed by atoms with Crippen LogP contribution in [-0.2, 0) is 0 Å². The topological polar surface area (TPSA) is 50.4 Å². The Kier molecular flexibility index (Phi) is 2.31. The Morgan fingerprint density at radius 2 is 2.00 bits per heavy atom. The first-order valence-electron chi connectivity index (χ1n) is 5.06. The highest BCUT2D eigenvalue weighted by Crippen LogP contribution is 2.57. The van der Waals surface area contributed by atoms with E-state index in [0.29, 0.717) is 6.04 Å². The van der Waals surface area contributed by atoms with Gasteiger partial charge in [0.15, 0.2) is 5.96 Å². The summed E-state index contributed by atoms with van der Waals surface area (Å²) in [5.41, 5.74) is 3.88. The van der Waals surface area contributed by atoms with Crippen molar-refractivity contribution in [3.8, 4) is 0 Å². The lowest BCUT2D eigenvalue weighted by atomic mass is 10.1. The van der Waals surface area contributed by atoms with Crippen molar-refractivity contribution in [2.24, 2.45) is 16.1 Å². The second-order valence-electron chi connectivity index (χ2n) is 4.40. The minimum absolute atomic E-state index is 0.146. The molecular weight excluding hydrogens is 207 g/mol. The molecule has 2 fully saturated rings. The molecule has 0 aromatic heterocycles. The molecule has 0 aromatic carbocycles. The number of guanidine groups is 1. The predicted molar refractivity (Wildman–Crippen MR) is 50.4 cm³/mol. The fraction of sp³-hybridized carbons (Fsp3) is 0.889. The molecule has 3 nitrogen and oxygen atoms in total. The number of alkyl halides is 3. The molecule has 86 valence electrons. The largest absolute Gasteiger partial charge is 0.396 e. The maximum absolute atomic E-state index is 12.5. The zero-order valence-electron chi connectivity index (χ0n) is 8.27. The summed E-state index contributed by atoms with van der Waals surface area (Å²) >= 11 is 0. The molecule has 2 aliphatic carbocycles. The third kappa shape index (κ3) is 2.35. The number of nitrogens with zero attached hydrogens (tertiary/aromatic N) is 1. The zero-order chi connectivity index (χ0) is 11.1. The molecule has 2 rings (SSSR count). The Hall–Kier alpha value is -0.940. The number of nitrogens with two attached hydrogens (primary N) is 1. The Bertz CT molecular complexity index is 277. The molecule has 0 aliphatic heterocycles. The van der Waals surface area contributed by atoms with Crippen LogP contribution in [-0.4, -0.2) is 24.7 Å². The highest BCUT2D eigenvalue weighted by atomic mass is 19.4. The molecule has 15 heavy (non-hydrogen) atoms. The minimum Gasteiger partial charge on any atom is -0.370 e. The molecule has 0 spiro atoms. The van der Waals surface area contributed by atoms with Crippen LogP contribution in [0.1, 0.15) is 25.7 Å². The molecule has 0 radical (unpaired) electrons. The van der Waals surface area contributed by atoms with E-state index < -0.39 is 11.6 Å². The lowest BCUT2D eigenvalue weighted by molar-refractivity contribution is -0.183. The van der Waals surface area contributed by atoms with E-state index in [0.717, 1.165) is 12.8 Å². The van der Waals surface area contributed by atoms with Gasteiger partial charge >= 0.3 is 6.18 Å². The lowest BCUT2D eigenvalue weighted by Crippen LogP contribution is -2.35. The van der Waals surface area contributed by atoms with Crippen molar-refractivity contribution in [1.29, 1.82) is 0 Å². The highest BCUT2D eigenvalue weighted by Gasteiger charge is 2.63. The third-order valence-electron chi connectivity index (χ3n) is 2.94. The van der Waals surface area contributed by atoms with Gasteiger partial charge in [0.2, 0.25) is 0 Å². The fourth-order valence-corrected chi connectivity index (χ4v) is 1.40. The van der Waals surface area contributed by atoms with E-state index >= 15 is 0 Å². The maximum atomic E-state index is 12.5. The zero-order valence-corrected chi connectivity index (χ0v) is 8.27. The van der Waals surface area contributed by atoms with Gasteiger partial charge in [0.25, 0.3) is 0 Å². The van der Waals surface area contributed by atoms with Crippen LogP contribution in [0.4, 0.5) is 13.2 Å². The van der Waals surface area contributed by atoms with Crippen LogP contribution >= 0.6 is 0 Å². The number of aliphatic imine (C=N–C) groups is 1. The van der Waals surface area contributed by atoms with E-state index in [9.17, 15) is 13.2 Å². The van der Waals surface area contributed by atoms with Crippen LogP contribution in [0.5, 0.6) is 0 Å². The summed E-state index contributed by atoms with van der Waals surface area (Å²) in [5, 5.41) is 2.87. The molecule has 2 saturated carbocycles. The molecule has 2 aliphatic rings. The average Bonchev–Trinajstić information content (AvgIpc) is 2.95. The number of hydrogen-bond donors (Lipinski definition) is 2. The van der Waals surface area contributed by atoms with Crippen molar-refractivity contribution in [2.75, 3.05) is 6.54 Å². The summed E-state index contributed by atoms with van der Waals surface area (Å²) in [6, 6.07) is 0.329. The minimum atomic E-state index is -4.14. The number of rotatable bonds is 3. The van der Waals surface area contributed by atoms with Crippen molar-refractivity contribution < 1.29 is 13.2 Å². The molecule has 0 unspecified atom stereocenters. The van der Waals surface area contributed by atoms with E-state index in [4.69, 9.17) is 5.73 Å². The molecule has 3 N–H and O–H groups in total. The van der Waals surface area contributed by atoms with Crippen LogP contribution < -0.4 is 11.1 Å². The number of hydrogen-bond acceptors (Lipinski definition) is 1. The number of nitrogens with one attached hydrogen (secondary N) is 1. The van der Waals surface area contributed by atoms with Gasteiger partial charge in [-0.3, -0.25) is 4.99 Å². The first-order chi connectivity index (χ1) is 6.93. The van der Waals surface area contributed by atoms with Gasteiger partial charge in [0.1, 0.15) is 0 Å². The quantitative estimate of drug-likeness (QED) is 0.559. The van der Waals surface area contributed by atoms with Gasteiger partial charge in [-0.25, -0.2) is 0 Å². The SMILES string of the molecule is NC(=NCC1(C(F)(F)F)CC1)NC1CC1. The van der Waals surface area contributed by atoms with E-state index in [1.54, 1.807) is 0 Å². The van der Waals surface area contributed by atoms with Crippen molar-refractivity contribution in [3.05, 3.63) is 0 Å². The fourth-order valence-electron chi connectivity index (χ4n) is 1.40. The molecule has 0 bridgehead atoms. The Morgan fingerprint density at radius 3 is 2.40 bits per heavy atom. The van der Waals surface area contributed by atoms with Crippen molar-refractivity contribution in [2.45, 2.75) is 37.9 Å². The summed E-state index contributed by atoms with van der Waals surface area (Å²) in [4.78, 5) is 3.77. The molecule has 6 heteroatoms. The van der Waals surface area contributed by atoms with Crippen LogP contribution in [0.15, 0.2) is 4.99 Å². The van der Waals surface area contributed by atoms with Crippen molar-refractivity contribution in [1.82, 2.24) is 5.32 Å². The van der Waals surface area contributed by atoms with Crippen LogP contribution in [0.2, 0.25) is 0 Å². The normalized spacial score (nSPS) is 25.1. The van der Waals surface area contributed by atoms with Gasteiger partial charge in [-0.1, -0.05) is 0 Å². The Labute approximate surface area is 85.9 Å². The van der Waals surface area contributed by atoms with Crippen LogP contribution in [0.25, 0.3) is 0 Å². The molecule has 0 amide bonds. The van der Waals surface area contributed by atoms with E-state index in [-0.39, 0.29) is 25.3 Å². The maximum Gasteiger partial charge on any atom is 0.396 e. The second-order valence-corrected chi connectivity index (χ2v) is 4.40. The van der Waals surface area contributed by atoms with E-state index in [2.05, 4.69) is 10.3 Å². The molecule has 0 aromatic rings. The number of halogens is 3. The van der Waals surface area contributed by atoms with Gasteiger partial charge in [0.05, 0.1) is 12.0 Å². The summed E-state index contributed by atoms with van der Waals surface area (Å²) in [6.45, 7) is -0.234. The predicted octanol–water partition coefficient (Wildman–Crippen LogP) is 1.40. The summed E-state index contributed by atoms with van der Waals surface area (Å²) < 4.78 is 37.5. The lowest BCUT2D eigenvalue weighted by Gasteiger charge is -2.16. The molecule has 0 atom stereocenters. The Morgan fingerprint density at radius 1 is 1.40 bits per heavy atom. The van der Waals surface area contributed by atoms with Crippen LogP contribution in [0, 0.1) is 5.41 Å². The summed E-state index contributed by atoms with van der Waals surface area (Å²) in [5.74, 6) is 0.146. The van der Waals surface area contributed by atoms with Gasteiger partial charge in [-0.15, -0.1) is 0 Å². The van der Waals surface area contributed by atoms with Crippen LogP contribution in [0.3, 0.4) is 0 Å². The van der Waals surface area contributed by atoms with E-state index in [1.807, 2.05) is 0 Å². The van der Waals surface area contributed by atoms with Gasteiger partial charge in [0, 0.05) is 6.04 Å². The van der Waals surface area contributed by atoms with Crippen molar-refractivity contribution in [3.63, 3.8) is 0 Å². The molecular formula is C9H14F3N3. The summed E-state index contributed by atoms with van der Waals surface area (Å²) in [7, 11) is 0. The third-order valence-corrected chi connectivity index (χ3v) is 2.94. The summed E-state index contributed by atoms with van der Waals surface area (Å²) in [6.07, 6.45) is -1.73. The second kappa shape index (κ2) is 3.28. The smallest absolute Gasteiger partial charge is 0.370 e. The molecule has 0 saturated heterocycles. The standard InChI is InChI=1S/C9H14F3N3/c10-9(11,12)8(3-4-8)5-14-7(13)15-6-1-2-6/h6H,1-5H2,(H3,13,14,15). The highest BCUT2D eigenvalue weighted by molar-refractivity contribution is 5.78. The Balaban J connectivity index is 1.86. The monoisotopic (exact) mass is 221 g/mol. The first-order valence-corrected chi connectivity index (χ1v) is 5.06. The van der Waals surface area contributed by atoms with E-state index in [1.165, 1.54) is 0 Å². The van der Waals surface area contributed by atoms with Gasteiger partial charge in [-0.05, 0) is 25.7 Å². The van der Waals surface area contributed by atoms with Gasteiger partial charge < -0.3 is 11.1 Å². The first kappa shape index (κ1) is 10.6. The van der Waals surface area contributed by atoms with Gasteiger partial charge in [-0.2, -0.15) is 13.2 Å². The average molecular weight is 221 g/mol.